The standard InChI is InChI=1S/C23H18N2O7/c1-11-9-16(27)20(28)21(32-11)19-18(12-7-8-15(26)17(10-12)31-2)24-22(25-19)13-5-3-4-6-14(13)23(29)30/h3-10,26,28H,1-2H3,(H,24,25)(H,29,30). The molecular formula is C23H18N2O7. The summed E-state index contributed by atoms with van der Waals surface area (Å²) < 4.78 is 10.8. The number of aromatic nitrogens is 2. The lowest BCUT2D eigenvalue weighted by molar-refractivity contribution is 0.0697. The molecule has 0 saturated carbocycles. The van der Waals surface area contributed by atoms with Gasteiger partial charge in [-0.2, -0.15) is 0 Å². The molecule has 0 saturated heterocycles. The molecule has 0 aliphatic heterocycles. The lowest BCUT2D eigenvalue weighted by Crippen LogP contribution is -2.01. The van der Waals surface area contributed by atoms with E-state index in [0.717, 1.165) is 6.07 Å². The Morgan fingerprint density at radius 1 is 1.12 bits per heavy atom. The number of ether oxygens (including phenoxy) is 1. The summed E-state index contributed by atoms with van der Waals surface area (Å²) in [4.78, 5) is 31.4. The zero-order valence-electron chi connectivity index (χ0n) is 17.0. The van der Waals surface area contributed by atoms with Crippen LogP contribution in [0, 0.1) is 6.92 Å². The summed E-state index contributed by atoms with van der Waals surface area (Å²) in [6, 6.07) is 11.9. The first-order chi connectivity index (χ1) is 15.3. The number of hydrogen-bond donors (Lipinski definition) is 4. The summed E-state index contributed by atoms with van der Waals surface area (Å²) in [5, 5.41) is 29.9. The molecule has 2 heterocycles. The Morgan fingerprint density at radius 2 is 1.88 bits per heavy atom. The Kier molecular flexibility index (Phi) is 5.15. The lowest BCUT2D eigenvalue weighted by Gasteiger charge is -2.08. The third-order valence-electron chi connectivity index (χ3n) is 4.84. The van der Waals surface area contributed by atoms with Crippen LogP contribution in [-0.4, -0.2) is 38.4 Å². The van der Waals surface area contributed by atoms with Gasteiger partial charge in [-0.3, -0.25) is 4.79 Å². The average Bonchev–Trinajstić information content (AvgIpc) is 3.21. The van der Waals surface area contributed by atoms with Crippen LogP contribution in [0.5, 0.6) is 17.2 Å². The quantitative estimate of drug-likeness (QED) is 0.371. The van der Waals surface area contributed by atoms with E-state index in [1.807, 2.05) is 0 Å². The zero-order chi connectivity index (χ0) is 23.0. The minimum Gasteiger partial charge on any atom is -0.504 e. The van der Waals surface area contributed by atoms with Gasteiger partial charge in [0.05, 0.1) is 12.7 Å². The molecule has 9 heteroatoms. The number of hydrogen-bond acceptors (Lipinski definition) is 7. The first-order valence-corrected chi connectivity index (χ1v) is 9.44. The van der Waals surface area contributed by atoms with Crippen molar-refractivity contribution in [3.8, 4) is 51.3 Å². The van der Waals surface area contributed by atoms with Gasteiger partial charge in [0, 0.05) is 17.2 Å². The highest BCUT2D eigenvalue weighted by Crippen LogP contribution is 2.39. The van der Waals surface area contributed by atoms with Gasteiger partial charge in [-0.25, -0.2) is 9.78 Å². The fourth-order valence-corrected chi connectivity index (χ4v) is 3.35. The second kappa shape index (κ2) is 7.95. The van der Waals surface area contributed by atoms with Crippen molar-refractivity contribution in [3.05, 3.63) is 70.1 Å². The van der Waals surface area contributed by atoms with Gasteiger partial charge in [0.2, 0.25) is 11.2 Å². The van der Waals surface area contributed by atoms with Crippen LogP contribution in [-0.2, 0) is 0 Å². The van der Waals surface area contributed by atoms with E-state index in [9.17, 15) is 24.9 Å². The van der Waals surface area contributed by atoms with Gasteiger partial charge in [-0.1, -0.05) is 18.2 Å². The van der Waals surface area contributed by atoms with Crippen LogP contribution in [0.2, 0.25) is 0 Å². The van der Waals surface area contributed by atoms with E-state index >= 15 is 0 Å². The van der Waals surface area contributed by atoms with E-state index in [0.29, 0.717) is 11.1 Å². The molecule has 0 radical (unpaired) electrons. The van der Waals surface area contributed by atoms with Gasteiger partial charge < -0.3 is 29.5 Å². The maximum atomic E-state index is 12.2. The van der Waals surface area contributed by atoms with Crippen LogP contribution in [0.1, 0.15) is 16.1 Å². The fourth-order valence-electron chi connectivity index (χ4n) is 3.35. The number of carbonyl (C=O) groups is 1. The average molecular weight is 434 g/mol. The zero-order valence-corrected chi connectivity index (χ0v) is 17.0. The number of benzene rings is 2. The van der Waals surface area contributed by atoms with E-state index in [-0.39, 0.29) is 45.8 Å². The number of rotatable bonds is 5. The Morgan fingerprint density at radius 3 is 2.59 bits per heavy atom. The number of aryl methyl sites for hydroxylation is 1. The second-order valence-electron chi connectivity index (χ2n) is 6.95. The molecule has 4 aromatic rings. The van der Waals surface area contributed by atoms with Gasteiger partial charge in [0.25, 0.3) is 0 Å². The Bertz CT molecular complexity index is 1400. The predicted octanol–water partition coefficient (Wildman–Crippen LogP) is 3.79. The van der Waals surface area contributed by atoms with Gasteiger partial charge in [-0.05, 0) is 31.2 Å². The molecule has 0 atom stereocenters. The molecule has 0 fully saturated rings. The van der Waals surface area contributed by atoms with Crippen molar-refractivity contribution in [2.45, 2.75) is 6.92 Å². The molecule has 4 rings (SSSR count). The van der Waals surface area contributed by atoms with E-state index in [1.165, 1.54) is 25.3 Å². The number of nitrogens with zero attached hydrogens (tertiary/aromatic N) is 1. The third-order valence-corrected chi connectivity index (χ3v) is 4.84. The topological polar surface area (TPSA) is 146 Å². The lowest BCUT2D eigenvalue weighted by atomic mass is 10.1. The molecule has 0 aliphatic rings. The van der Waals surface area contributed by atoms with Crippen molar-refractivity contribution in [2.75, 3.05) is 7.11 Å². The van der Waals surface area contributed by atoms with Crippen molar-refractivity contribution >= 4 is 5.97 Å². The monoisotopic (exact) mass is 434 g/mol. The summed E-state index contributed by atoms with van der Waals surface area (Å²) in [5.74, 6) is -1.37. The van der Waals surface area contributed by atoms with Crippen LogP contribution in [0.15, 0.2) is 57.7 Å². The van der Waals surface area contributed by atoms with Crippen molar-refractivity contribution in [3.63, 3.8) is 0 Å². The molecular weight excluding hydrogens is 416 g/mol. The summed E-state index contributed by atoms with van der Waals surface area (Å²) in [7, 11) is 1.39. The first kappa shape index (κ1) is 20.7. The Labute approximate surface area is 181 Å². The van der Waals surface area contributed by atoms with Crippen molar-refractivity contribution in [2.24, 2.45) is 0 Å². The van der Waals surface area contributed by atoms with Crippen LogP contribution in [0.3, 0.4) is 0 Å². The molecule has 0 spiro atoms. The molecule has 4 N–H and O–H groups in total. The molecule has 2 aromatic carbocycles. The van der Waals surface area contributed by atoms with Crippen LogP contribution < -0.4 is 10.2 Å². The van der Waals surface area contributed by atoms with Crippen molar-refractivity contribution in [1.29, 1.82) is 0 Å². The molecule has 0 unspecified atom stereocenters. The smallest absolute Gasteiger partial charge is 0.336 e. The molecule has 0 bridgehead atoms. The Balaban J connectivity index is 2.03. The van der Waals surface area contributed by atoms with E-state index < -0.39 is 17.1 Å². The van der Waals surface area contributed by atoms with Gasteiger partial charge in [0.15, 0.2) is 17.3 Å². The Hall–Kier alpha value is -4.53. The molecule has 32 heavy (non-hydrogen) atoms. The van der Waals surface area contributed by atoms with Crippen molar-refractivity contribution in [1.82, 2.24) is 9.97 Å². The number of aromatic amines is 1. The fraction of sp³-hybridized carbons (Fsp3) is 0.0870. The minimum atomic E-state index is -1.14. The largest absolute Gasteiger partial charge is 0.504 e. The van der Waals surface area contributed by atoms with E-state index in [4.69, 9.17) is 9.15 Å². The summed E-state index contributed by atoms with van der Waals surface area (Å²) in [5.41, 5.74) is 0.549. The molecule has 2 aromatic heterocycles. The normalized spacial score (nSPS) is 10.8. The number of H-pyrrole nitrogens is 1. The number of carboxylic acids is 1. The van der Waals surface area contributed by atoms with Crippen LogP contribution in [0.25, 0.3) is 34.1 Å². The number of nitrogens with one attached hydrogen (secondary N) is 1. The number of aromatic hydroxyl groups is 2. The van der Waals surface area contributed by atoms with Crippen LogP contribution in [0.4, 0.5) is 0 Å². The highest BCUT2D eigenvalue weighted by molar-refractivity contribution is 5.95. The molecule has 9 nitrogen and oxygen atoms in total. The van der Waals surface area contributed by atoms with Gasteiger partial charge in [0.1, 0.15) is 23.0 Å². The number of methoxy groups -OCH3 is 1. The summed E-state index contributed by atoms with van der Waals surface area (Å²) in [6.45, 7) is 1.56. The predicted molar refractivity (Wildman–Crippen MR) is 115 cm³/mol. The van der Waals surface area contributed by atoms with E-state index in [2.05, 4.69) is 9.97 Å². The number of aromatic carboxylic acids is 1. The number of phenolic OH excluding ortho intramolecular Hbond substituents is 1. The van der Waals surface area contributed by atoms with Crippen LogP contribution >= 0.6 is 0 Å². The number of imidazole rings is 1. The van der Waals surface area contributed by atoms with E-state index in [1.54, 1.807) is 31.2 Å². The van der Waals surface area contributed by atoms with Gasteiger partial charge >= 0.3 is 5.97 Å². The van der Waals surface area contributed by atoms with Gasteiger partial charge in [-0.15, -0.1) is 0 Å². The summed E-state index contributed by atoms with van der Waals surface area (Å²) >= 11 is 0. The minimum absolute atomic E-state index is 0.0116. The third kappa shape index (κ3) is 3.56. The maximum absolute atomic E-state index is 12.2. The van der Waals surface area contributed by atoms with Crippen molar-refractivity contribution < 1.29 is 29.3 Å². The highest BCUT2D eigenvalue weighted by Gasteiger charge is 2.24. The first-order valence-electron chi connectivity index (χ1n) is 9.44. The maximum Gasteiger partial charge on any atom is 0.336 e. The molecule has 0 amide bonds. The second-order valence-corrected chi connectivity index (χ2v) is 6.95. The molecule has 162 valence electrons. The molecule has 0 aliphatic carbocycles. The highest BCUT2D eigenvalue weighted by atomic mass is 16.5. The number of phenols is 1. The summed E-state index contributed by atoms with van der Waals surface area (Å²) in [6.07, 6.45) is 0. The SMILES string of the molecule is COc1cc(-c2nc(-c3ccccc3C(=O)O)[nH]c2-c2oc(C)cc(=O)c2O)ccc1O. The number of carboxylic acid groups (broad SMARTS) is 1.